The lowest BCUT2D eigenvalue weighted by atomic mass is 9.82. The van der Waals surface area contributed by atoms with Gasteiger partial charge in [0.15, 0.2) is 21.5 Å². The average molecular weight is 690 g/mol. The maximum atomic E-state index is 14.0. The highest BCUT2D eigenvalue weighted by Crippen LogP contribution is 2.40. The van der Waals surface area contributed by atoms with Crippen LogP contribution in [0.1, 0.15) is 57.1 Å². The van der Waals surface area contributed by atoms with E-state index in [1.54, 1.807) is 30.9 Å². The summed E-state index contributed by atoms with van der Waals surface area (Å²) in [6.07, 6.45) is 2.58. The normalized spacial score (nSPS) is 20.1. The van der Waals surface area contributed by atoms with Crippen molar-refractivity contribution < 1.29 is 44.1 Å². The Morgan fingerprint density at radius 3 is 2.02 bits per heavy atom. The molecule has 2 bridgehead atoms. The molecule has 46 heavy (non-hydrogen) atoms. The van der Waals surface area contributed by atoms with Crippen molar-refractivity contribution in [2.24, 2.45) is 11.7 Å². The van der Waals surface area contributed by atoms with Gasteiger partial charge in [0.1, 0.15) is 11.6 Å². The Morgan fingerprint density at radius 2 is 1.50 bits per heavy atom. The predicted molar refractivity (Wildman–Crippen MR) is 167 cm³/mol. The molecule has 2 aromatic rings. The molecule has 4 rings (SSSR count). The zero-order valence-corrected chi connectivity index (χ0v) is 27.8. The SMILES string of the molecule is CCN(CC)C(=O)CS(=O)(=O)CCC(=O)N1[C@@H]2CC[C@H]1CC([C@H](N)Cc1cc(F)c(F)cc1F)C2.Cc1ccc(S(=O)(=O)O)cc1. The van der Waals surface area contributed by atoms with Gasteiger partial charge in [-0.25, -0.2) is 21.6 Å². The highest BCUT2D eigenvalue weighted by molar-refractivity contribution is 7.92. The van der Waals surface area contributed by atoms with Crippen LogP contribution in [0.15, 0.2) is 41.3 Å². The largest absolute Gasteiger partial charge is 0.342 e. The van der Waals surface area contributed by atoms with E-state index in [4.69, 9.17) is 10.3 Å². The van der Waals surface area contributed by atoms with Gasteiger partial charge in [-0.1, -0.05) is 17.7 Å². The van der Waals surface area contributed by atoms with Crippen LogP contribution in [0.3, 0.4) is 0 Å². The van der Waals surface area contributed by atoms with Gasteiger partial charge in [0.25, 0.3) is 10.1 Å². The molecule has 2 heterocycles. The Balaban J connectivity index is 0.000000441. The minimum absolute atomic E-state index is 0.0201. The average Bonchev–Trinajstić information content (AvgIpc) is 3.24. The molecule has 2 amide bonds. The molecule has 0 aliphatic carbocycles. The Hall–Kier alpha value is -3.01. The van der Waals surface area contributed by atoms with E-state index in [9.17, 15) is 39.6 Å². The number of piperidine rings is 1. The number of hydrogen-bond donors (Lipinski definition) is 2. The quantitative estimate of drug-likeness (QED) is 0.268. The minimum Gasteiger partial charge on any atom is -0.342 e. The molecule has 2 aliphatic rings. The third-order valence-corrected chi connectivity index (χ3v) is 11.0. The van der Waals surface area contributed by atoms with Crippen LogP contribution in [0.5, 0.6) is 0 Å². The molecule has 2 aliphatic heterocycles. The van der Waals surface area contributed by atoms with Crippen LogP contribution < -0.4 is 5.73 Å². The van der Waals surface area contributed by atoms with Crippen molar-refractivity contribution in [3.05, 3.63) is 65.0 Å². The van der Waals surface area contributed by atoms with Gasteiger partial charge in [0.2, 0.25) is 11.8 Å². The third-order valence-electron chi connectivity index (χ3n) is 8.61. The first-order valence-electron chi connectivity index (χ1n) is 15.2. The molecule has 0 saturated carbocycles. The number of hydrogen-bond acceptors (Lipinski definition) is 7. The molecule has 10 nitrogen and oxygen atoms in total. The van der Waals surface area contributed by atoms with E-state index in [2.05, 4.69) is 0 Å². The van der Waals surface area contributed by atoms with E-state index in [-0.39, 0.29) is 53.0 Å². The number of carbonyl (C=O) groups excluding carboxylic acids is 2. The van der Waals surface area contributed by atoms with Gasteiger partial charge in [-0.2, -0.15) is 8.42 Å². The molecule has 2 aromatic carbocycles. The number of aryl methyl sites for hydroxylation is 1. The predicted octanol–water partition coefficient (Wildman–Crippen LogP) is 3.66. The van der Waals surface area contributed by atoms with E-state index in [1.807, 2.05) is 6.92 Å². The van der Waals surface area contributed by atoms with Crippen LogP contribution >= 0.6 is 0 Å². The van der Waals surface area contributed by atoms with E-state index < -0.39 is 55.1 Å². The van der Waals surface area contributed by atoms with Crippen molar-refractivity contribution in [3.63, 3.8) is 0 Å². The number of amides is 2. The standard InChI is InChI=1S/C24H34F3N3O4S.C7H8O3S/c1-3-29(4-2)24(32)14-35(33,34)8-7-23(31)30-17-5-6-18(30)10-16(9-17)22(28)12-15-11-20(26)21(27)13-19(15)25;1-6-2-4-7(5-3-6)11(8,9)10/h11,13,16-18,22H,3-10,12,14,28H2,1-2H3;2-5H,1H3,(H,8,9,10)/t16?,17-,18+,22-;/m1./s1. The number of nitrogens with zero attached hydrogens (tertiary/aromatic N) is 2. The molecule has 15 heteroatoms. The number of halogens is 3. The first kappa shape index (κ1) is 37.4. The van der Waals surface area contributed by atoms with Gasteiger partial charge in [0.05, 0.1) is 10.6 Å². The Morgan fingerprint density at radius 1 is 0.957 bits per heavy atom. The van der Waals surface area contributed by atoms with E-state index in [0.29, 0.717) is 32.0 Å². The molecule has 256 valence electrons. The van der Waals surface area contributed by atoms with E-state index >= 15 is 0 Å². The van der Waals surface area contributed by atoms with Crippen molar-refractivity contribution in [2.45, 2.75) is 82.3 Å². The summed E-state index contributed by atoms with van der Waals surface area (Å²) < 4.78 is 95.2. The van der Waals surface area contributed by atoms with Crippen molar-refractivity contribution in [1.29, 1.82) is 0 Å². The summed E-state index contributed by atoms with van der Waals surface area (Å²) >= 11 is 0. The lowest BCUT2D eigenvalue weighted by molar-refractivity contribution is -0.136. The first-order valence-corrected chi connectivity index (χ1v) is 18.4. The number of nitrogens with two attached hydrogens (primary N) is 1. The van der Waals surface area contributed by atoms with Crippen LogP contribution in [0.4, 0.5) is 13.2 Å². The molecule has 0 spiro atoms. The molecular formula is C31H42F3N3O7S2. The highest BCUT2D eigenvalue weighted by Gasteiger charge is 2.44. The van der Waals surface area contributed by atoms with Gasteiger partial charge in [-0.15, -0.1) is 0 Å². The Kier molecular flexibility index (Phi) is 12.8. The number of benzene rings is 2. The maximum absolute atomic E-state index is 14.0. The Bertz CT molecular complexity index is 1590. The van der Waals surface area contributed by atoms with Gasteiger partial charge in [-0.3, -0.25) is 14.1 Å². The second-order valence-electron chi connectivity index (χ2n) is 11.8. The van der Waals surface area contributed by atoms with Gasteiger partial charge in [0, 0.05) is 43.7 Å². The van der Waals surface area contributed by atoms with Crippen molar-refractivity contribution in [3.8, 4) is 0 Å². The number of sulfone groups is 1. The van der Waals surface area contributed by atoms with Crippen molar-refractivity contribution in [1.82, 2.24) is 9.80 Å². The fourth-order valence-corrected chi connectivity index (χ4v) is 7.80. The van der Waals surface area contributed by atoms with Crippen molar-refractivity contribution in [2.75, 3.05) is 24.6 Å². The summed E-state index contributed by atoms with van der Waals surface area (Å²) in [5.41, 5.74) is 7.30. The molecule has 0 radical (unpaired) electrons. The van der Waals surface area contributed by atoms with Crippen LogP contribution in [0, 0.1) is 30.3 Å². The number of rotatable bonds is 11. The highest BCUT2D eigenvalue weighted by atomic mass is 32.2. The maximum Gasteiger partial charge on any atom is 0.294 e. The summed E-state index contributed by atoms with van der Waals surface area (Å²) in [6, 6.07) is 6.68. The van der Waals surface area contributed by atoms with E-state index in [0.717, 1.165) is 24.5 Å². The van der Waals surface area contributed by atoms with Crippen LogP contribution in [-0.4, -0.2) is 85.7 Å². The van der Waals surface area contributed by atoms with Crippen LogP contribution in [0.2, 0.25) is 0 Å². The second-order valence-corrected chi connectivity index (χ2v) is 15.4. The minimum atomic E-state index is -4.02. The topological polar surface area (TPSA) is 155 Å². The molecule has 4 atom stereocenters. The number of carbonyl (C=O) groups is 2. The summed E-state index contributed by atoms with van der Waals surface area (Å²) in [7, 11) is -7.73. The van der Waals surface area contributed by atoms with Gasteiger partial charge >= 0.3 is 0 Å². The zero-order valence-electron chi connectivity index (χ0n) is 26.2. The molecule has 2 saturated heterocycles. The van der Waals surface area contributed by atoms with Crippen LogP contribution in [0.25, 0.3) is 0 Å². The fraction of sp³-hybridized carbons (Fsp3) is 0.548. The summed E-state index contributed by atoms with van der Waals surface area (Å²) in [5.74, 6) is -4.94. The molecule has 2 fully saturated rings. The Labute approximate surface area is 268 Å². The summed E-state index contributed by atoms with van der Waals surface area (Å²) in [6.45, 7) is 6.24. The molecule has 3 N–H and O–H groups in total. The van der Waals surface area contributed by atoms with Crippen LogP contribution in [-0.2, 0) is 36.0 Å². The molecular weight excluding hydrogens is 647 g/mol. The smallest absolute Gasteiger partial charge is 0.294 e. The molecule has 1 unspecified atom stereocenters. The lowest BCUT2D eigenvalue weighted by Gasteiger charge is -2.41. The first-order chi connectivity index (χ1) is 21.4. The summed E-state index contributed by atoms with van der Waals surface area (Å²) in [4.78, 5) is 28.2. The van der Waals surface area contributed by atoms with Gasteiger partial charge in [-0.05, 0) is 82.6 Å². The molecule has 0 aromatic heterocycles. The number of fused-ring (bicyclic) bond motifs is 2. The fourth-order valence-electron chi connectivity index (χ4n) is 6.13. The lowest BCUT2D eigenvalue weighted by Crippen LogP contribution is -2.50. The van der Waals surface area contributed by atoms with Gasteiger partial charge < -0.3 is 15.5 Å². The zero-order chi connectivity index (χ0) is 34.4. The monoisotopic (exact) mass is 689 g/mol. The van der Waals surface area contributed by atoms with Crippen molar-refractivity contribution >= 4 is 31.8 Å². The summed E-state index contributed by atoms with van der Waals surface area (Å²) in [5, 5.41) is 0. The second kappa shape index (κ2) is 15.7. The van der Waals surface area contributed by atoms with E-state index in [1.165, 1.54) is 17.0 Å². The third kappa shape index (κ3) is 9.99.